The van der Waals surface area contributed by atoms with Crippen LogP contribution in [0.15, 0.2) is 10.3 Å². The van der Waals surface area contributed by atoms with E-state index in [2.05, 4.69) is 9.46 Å². The highest BCUT2D eigenvalue weighted by atomic mass is 32.2. The predicted molar refractivity (Wildman–Crippen MR) is 83.2 cm³/mol. The monoisotopic (exact) mass is 337 g/mol. The van der Waals surface area contributed by atoms with Gasteiger partial charge in [0.15, 0.2) is 0 Å². The first-order valence-corrected chi connectivity index (χ1v) is 9.76. The Morgan fingerprint density at radius 1 is 1.55 bits per heavy atom. The predicted octanol–water partition coefficient (Wildman–Crippen LogP) is 2.26. The zero-order chi connectivity index (χ0) is 15.3. The van der Waals surface area contributed by atoms with Crippen molar-refractivity contribution in [2.24, 2.45) is 0 Å². The first-order valence-electron chi connectivity index (χ1n) is 6.01. The minimum Gasteiger partial charge on any atom is -0.465 e. The third-order valence-corrected chi connectivity index (χ3v) is 6.30. The number of carbonyl (C=O) groups excluding carboxylic acids is 1. The van der Waals surface area contributed by atoms with E-state index >= 15 is 0 Å². The quantitative estimate of drug-likeness (QED) is 0.773. The Kier molecular flexibility index (Phi) is 6.50. The largest absolute Gasteiger partial charge is 0.465 e. The summed E-state index contributed by atoms with van der Waals surface area (Å²) in [5.74, 6) is 0.246. The van der Waals surface area contributed by atoms with Gasteiger partial charge in [-0.3, -0.25) is 0 Å². The topological polar surface area (TPSA) is 72.5 Å². The van der Waals surface area contributed by atoms with Crippen LogP contribution in [-0.4, -0.2) is 39.5 Å². The summed E-state index contributed by atoms with van der Waals surface area (Å²) in [6.45, 7) is 3.48. The molecule has 0 aliphatic carbocycles. The van der Waals surface area contributed by atoms with E-state index in [0.717, 1.165) is 23.5 Å². The summed E-state index contributed by atoms with van der Waals surface area (Å²) in [6.07, 6.45) is 2.71. The van der Waals surface area contributed by atoms with Crippen LogP contribution in [0.2, 0.25) is 0 Å². The van der Waals surface area contributed by atoms with Crippen molar-refractivity contribution in [2.75, 3.05) is 19.1 Å². The molecule has 0 saturated heterocycles. The van der Waals surface area contributed by atoms with Gasteiger partial charge in [0.1, 0.15) is 9.77 Å². The van der Waals surface area contributed by atoms with E-state index in [0.29, 0.717) is 5.56 Å². The molecule has 1 unspecified atom stereocenters. The number of carbonyl (C=O) groups is 1. The first-order chi connectivity index (χ1) is 9.33. The van der Waals surface area contributed by atoms with Crippen molar-refractivity contribution in [3.8, 4) is 0 Å². The Morgan fingerprint density at radius 2 is 2.20 bits per heavy atom. The van der Waals surface area contributed by atoms with Crippen LogP contribution in [0.4, 0.5) is 0 Å². The SMILES string of the molecule is COC(=O)c1scc(C)c1S(=O)(=O)NC(C)CCSC. The number of rotatable bonds is 7. The summed E-state index contributed by atoms with van der Waals surface area (Å²) >= 11 is 2.74. The maximum atomic E-state index is 12.4. The summed E-state index contributed by atoms with van der Waals surface area (Å²) in [6, 6.07) is -0.183. The zero-order valence-electron chi connectivity index (χ0n) is 11.9. The summed E-state index contributed by atoms with van der Waals surface area (Å²) < 4.78 is 32.1. The lowest BCUT2D eigenvalue weighted by atomic mass is 10.3. The Morgan fingerprint density at radius 3 is 2.75 bits per heavy atom. The number of nitrogens with one attached hydrogen (secondary N) is 1. The van der Waals surface area contributed by atoms with Gasteiger partial charge in [0, 0.05) is 6.04 Å². The lowest BCUT2D eigenvalue weighted by Gasteiger charge is -2.14. The van der Waals surface area contributed by atoms with Crippen LogP contribution in [0.25, 0.3) is 0 Å². The Labute approximate surface area is 128 Å². The summed E-state index contributed by atoms with van der Waals surface area (Å²) in [5.41, 5.74) is 0.556. The lowest BCUT2D eigenvalue weighted by Crippen LogP contribution is -2.34. The standard InChI is InChI=1S/C12H19NO4S3/c1-8-7-19-10(12(14)17-3)11(8)20(15,16)13-9(2)5-6-18-4/h7,9,13H,5-6H2,1-4H3. The third-order valence-electron chi connectivity index (χ3n) is 2.67. The minimum atomic E-state index is -3.71. The molecule has 0 bridgehead atoms. The van der Waals surface area contributed by atoms with Crippen molar-refractivity contribution in [1.29, 1.82) is 0 Å². The number of esters is 1. The van der Waals surface area contributed by atoms with Gasteiger partial charge in [0.05, 0.1) is 7.11 Å². The molecular weight excluding hydrogens is 318 g/mol. The van der Waals surface area contributed by atoms with Crippen molar-refractivity contribution in [1.82, 2.24) is 4.72 Å². The van der Waals surface area contributed by atoms with Crippen LogP contribution in [0, 0.1) is 6.92 Å². The molecule has 0 saturated carbocycles. The molecule has 0 aromatic carbocycles. The highest BCUT2D eigenvalue weighted by molar-refractivity contribution is 7.98. The molecule has 0 aliphatic heterocycles. The molecule has 1 rings (SSSR count). The molecule has 1 atom stereocenters. The Hall–Kier alpha value is -0.570. The second kappa shape index (κ2) is 7.44. The summed E-state index contributed by atoms with van der Waals surface area (Å²) in [5, 5.41) is 1.65. The fourth-order valence-corrected chi connectivity index (χ4v) is 5.25. The van der Waals surface area contributed by atoms with E-state index in [1.54, 1.807) is 24.1 Å². The fraction of sp³-hybridized carbons (Fsp3) is 0.583. The van der Waals surface area contributed by atoms with Gasteiger partial charge in [-0.05, 0) is 43.2 Å². The number of methoxy groups -OCH3 is 1. The van der Waals surface area contributed by atoms with Gasteiger partial charge in [-0.1, -0.05) is 0 Å². The Balaban J connectivity index is 3.04. The second-order valence-electron chi connectivity index (χ2n) is 4.37. The van der Waals surface area contributed by atoms with Crippen molar-refractivity contribution < 1.29 is 17.9 Å². The number of sulfonamides is 1. The molecule has 0 radical (unpaired) electrons. The molecule has 0 aliphatic rings. The average molecular weight is 337 g/mol. The van der Waals surface area contributed by atoms with Crippen LogP contribution in [0.1, 0.15) is 28.6 Å². The molecule has 1 heterocycles. The van der Waals surface area contributed by atoms with E-state index < -0.39 is 16.0 Å². The van der Waals surface area contributed by atoms with Crippen LogP contribution >= 0.6 is 23.1 Å². The van der Waals surface area contributed by atoms with Gasteiger partial charge in [0.25, 0.3) is 0 Å². The van der Waals surface area contributed by atoms with Crippen molar-refractivity contribution in [3.05, 3.63) is 15.8 Å². The van der Waals surface area contributed by atoms with Crippen LogP contribution < -0.4 is 4.72 Å². The fourth-order valence-electron chi connectivity index (χ4n) is 1.68. The molecule has 0 amide bonds. The molecule has 8 heteroatoms. The zero-order valence-corrected chi connectivity index (χ0v) is 14.4. The van der Waals surface area contributed by atoms with Crippen molar-refractivity contribution in [2.45, 2.75) is 31.2 Å². The number of ether oxygens (including phenoxy) is 1. The van der Waals surface area contributed by atoms with E-state index in [-0.39, 0.29) is 15.8 Å². The van der Waals surface area contributed by atoms with E-state index in [1.165, 1.54) is 7.11 Å². The maximum Gasteiger partial charge on any atom is 0.349 e. The molecule has 20 heavy (non-hydrogen) atoms. The number of hydrogen-bond donors (Lipinski definition) is 1. The highest BCUT2D eigenvalue weighted by Gasteiger charge is 2.28. The second-order valence-corrected chi connectivity index (χ2v) is 7.89. The molecule has 0 spiro atoms. The highest BCUT2D eigenvalue weighted by Crippen LogP contribution is 2.27. The first kappa shape index (κ1) is 17.5. The molecular formula is C12H19NO4S3. The van der Waals surface area contributed by atoms with E-state index in [1.807, 2.05) is 13.2 Å². The molecule has 5 nitrogen and oxygen atoms in total. The van der Waals surface area contributed by atoms with E-state index in [4.69, 9.17) is 0 Å². The summed E-state index contributed by atoms with van der Waals surface area (Å²) in [7, 11) is -2.47. The lowest BCUT2D eigenvalue weighted by molar-refractivity contribution is 0.0602. The molecule has 0 fully saturated rings. The van der Waals surface area contributed by atoms with Gasteiger partial charge >= 0.3 is 5.97 Å². The van der Waals surface area contributed by atoms with Crippen molar-refractivity contribution in [3.63, 3.8) is 0 Å². The smallest absolute Gasteiger partial charge is 0.349 e. The maximum absolute atomic E-state index is 12.4. The third kappa shape index (κ3) is 4.21. The van der Waals surface area contributed by atoms with Crippen molar-refractivity contribution >= 4 is 39.1 Å². The molecule has 1 aromatic rings. The number of thioether (sulfide) groups is 1. The van der Waals surface area contributed by atoms with Gasteiger partial charge in [-0.2, -0.15) is 11.8 Å². The number of thiophene rings is 1. The number of aryl methyl sites for hydroxylation is 1. The normalized spacial score (nSPS) is 13.2. The van der Waals surface area contributed by atoms with Crippen LogP contribution in [0.5, 0.6) is 0 Å². The Bertz CT molecular complexity index is 565. The average Bonchev–Trinajstić information content (AvgIpc) is 2.77. The molecule has 1 aromatic heterocycles. The molecule has 1 N–H and O–H groups in total. The van der Waals surface area contributed by atoms with Crippen LogP contribution in [-0.2, 0) is 14.8 Å². The van der Waals surface area contributed by atoms with E-state index in [9.17, 15) is 13.2 Å². The van der Waals surface area contributed by atoms with Gasteiger partial charge in [-0.15, -0.1) is 11.3 Å². The number of hydrogen-bond acceptors (Lipinski definition) is 6. The van der Waals surface area contributed by atoms with Crippen LogP contribution in [0.3, 0.4) is 0 Å². The minimum absolute atomic E-state index is 0.0327. The molecule has 114 valence electrons. The van der Waals surface area contributed by atoms with Gasteiger partial charge in [0.2, 0.25) is 10.0 Å². The van der Waals surface area contributed by atoms with Gasteiger partial charge < -0.3 is 4.74 Å². The van der Waals surface area contributed by atoms with Gasteiger partial charge in [-0.25, -0.2) is 17.9 Å². The summed E-state index contributed by atoms with van der Waals surface area (Å²) in [4.78, 5) is 11.8.